The number of nitrogens with one attached hydrogen (secondary N) is 2. The summed E-state index contributed by atoms with van der Waals surface area (Å²) >= 11 is 2.80. The molecule has 0 aliphatic rings. The summed E-state index contributed by atoms with van der Waals surface area (Å²) < 4.78 is 6.35. The molecule has 0 aliphatic carbocycles. The van der Waals surface area contributed by atoms with Crippen molar-refractivity contribution in [3.8, 4) is 5.75 Å². The summed E-state index contributed by atoms with van der Waals surface area (Å²) in [6.45, 7) is 5.25. The van der Waals surface area contributed by atoms with Gasteiger partial charge in [0.05, 0.1) is 18.0 Å². The number of thioether (sulfide) groups is 1. The lowest BCUT2D eigenvalue weighted by Crippen LogP contribution is -2.28. The summed E-state index contributed by atoms with van der Waals surface area (Å²) in [6, 6.07) is 17.9. The summed E-state index contributed by atoms with van der Waals surface area (Å²) in [6.07, 6.45) is 0. The van der Waals surface area contributed by atoms with Crippen molar-refractivity contribution in [2.45, 2.75) is 24.1 Å². The Balaban J connectivity index is 1.46. The van der Waals surface area contributed by atoms with Crippen molar-refractivity contribution in [3.05, 3.63) is 60.2 Å². The number of benzene rings is 2. The maximum atomic E-state index is 12.2. The van der Waals surface area contributed by atoms with Crippen LogP contribution in [0.3, 0.4) is 0 Å². The van der Waals surface area contributed by atoms with Gasteiger partial charge in [-0.25, -0.2) is 0 Å². The van der Waals surface area contributed by atoms with Gasteiger partial charge in [-0.2, -0.15) is 0 Å². The molecular formula is C21H24N4O2S2. The molecule has 3 rings (SSSR count). The van der Waals surface area contributed by atoms with Crippen molar-refractivity contribution in [1.82, 2.24) is 15.5 Å². The second-order valence-electron chi connectivity index (χ2n) is 6.33. The molecule has 0 saturated heterocycles. The van der Waals surface area contributed by atoms with Crippen molar-refractivity contribution in [2.24, 2.45) is 0 Å². The maximum absolute atomic E-state index is 12.2. The van der Waals surface area contributed by atoms with Crippen LogP contribution in [0.15, 0.2) is 58.9 Å². The Labute approximate surface area is 179 Å². The molecule has 0 spiro atoms. The molecule has 8 heteroatoms. The Hall–Kier alpha value is -2.58. The largest absolute Gasteiger partial charge is 0.492 e. The van der Waals surface area contributed by atoms with Crippen LogP contribution in [0.25, 0.3) is 0 Å². The van der Waals surface area contributed by atoms with Crippen LogP contribution in [-0.4, -0.2) is 35.0 Å². The lowest BCUT2D eigenvalue weighted by molar-refractivity contribution is -0.118. The van der Waals surface area contributed by atoms with Crippen LogP contribution in [0.5, 0.6) is 5.75 Å². The predicted molar refractivity (Wildman–Crippen MR) is 119 cm³/mol. The fourth-order valence-corrected chi connectivity index (χ4v) is 4.22. The molecule has 2 N–H and O–H groups in total. The Bertz CT molecular complexity index is 918. The number of hydrogen-bond donors (Lipinski definition) is 2. The van der Waals surface area contributed by atoms with E-state index < -0.39 is 0 Å². The van der Waals surface area contributed by atoms with E-state index in [2.05, 4.69) is 39.9 Å². The van der Waals surface area contributed by atoms with E-state index in [9.17, 15) is 4.79 Å². The number of anilines is 2. The normalized spacial score (nSPS) is 11.7. The topological polar surface area (TPSA) is 76.1 Å². The van der Waals surface area contributed by atoms with Crippen LogP contribution in [0.4, 0.5) is 10.8 Å². The van der Waals surface area contributed by atoms with Crippen LogP contribution in [0, 0.1) is 0 Å². The Morgan fingerprint density at radius 1 is 1.14 bits per heavy atom. The maximum Gasteiger partial charge on any atom is 0.230 e. The second-order valence-corrected chi connectivity index (χ2v) is 8.53. The quantitative estimate of drug-likeness (QED) is 0.456. The average molecular weight is 429 g/mol. The second kappa shape index (κ2) is 10.8. The first-order valence-electron chi connectivity index (χ1n) is 9.42. The number of amides is 1. The minimum atomic E-state index is -0.0100. The lowest BCUT2D eigenvalue weighted by Gasteiger charge is -2.12. The van der Waals surface area contributed by atoms with E-state index in [-0.39, 0.29) is 11.8 Å². The molecule has 0 bridgehead atoms. The third-order valence-electron chi connectivity index (χ3n) is 4.14. The van der Waals surface area contributed by atoms with E-state index in [1.807, 2.05) is 49.4 Å². The molecule has 1 unspecified atom stereocenters. The van der Waals surface area contributed by atoms with E-state index in [0.29, 0.717) is 24.0 Å². The number of rotatable bonds is 10. The van der Waals surface area contributed by atoms with Gasteiger partial charge in [0.15, 0.2) is 4.34 Å². The van der Waals surface area contributed by atoms with Gasteiger partial charge >= 0.3 is 0 Å². The molecule has 0 fully saturated rings. The fraction of sp³-hybridized carbons (Fsp3) is 0.286. The van der Waals surface area contributed by atoms with E-state index in [0.717, 1.165) is 15.8 Å². The average Bonchev–Trinajstić information content (AvgIpc) is 3.20. The molecule has 29 heavy (non-hydrogen) atoms. The zero-order valence-corrected chi connectivity index (χ0v) is 18.1. The molecule has 1 heterocycles. The number of ether oxygens (including phenoxy) is 1. The van der Waals surface area contributed by atoms with Gasteiger partial charge in [-0.1, -0.05) is 72.5 Å². The molecule has 1 atom stereocenters. The summed E-state index contributed by atoms with van der Waals surface area (Å²) in [5.41, 5.74) is 2.06. The number of aromatic nitrogens is 2. The smallest absolute Gasteiger partial charge is 0.230 e. The Morgan fingerprint density at radius 3 is 2.69 bits per heavy atom. The highest BCUT2D eigenvalue weighted by Gasteiger charge is 2.11. The van der Waals surface area contributed by atoms with Crippen molar-refractivity contribution in [3.63, 3.8) is 0 Å². The van der Waals surface area contributed by atoms with Gasteiger partial charge in [0.25, 0.3) is 0 Å². The molecule has 0 aliphatic heterocycles. The van der Waals surface area contributed by atoms with E-state index >= 15 is 0 Å². The molecule has 1 aromatic heterocycles. The third kappa shape index (κ3) is 6.47. The van der Waals surface area contributed by atoms with E-state index in [1.54, 1.807) is 0 Å². The Morgan fingerprint density at radius 2 is 1.90 bits per heavy atom. The number of carbonyl (C=O) groups is 1. The van der Waals surface area contributed by atoms with Crippen LogP contribution >= 0.6 is 23.1 Å². The minimum absolute atomic E-state index is 0.0100. The van der Waals surface area contributed by atoms with Crippen molar-refractivity contribution in [1.29, 1.82) is 0 Å². The van der Waals surface area contributed by atoms with Crippen molar-refractivity contribution < 1.29 is 9.53 Å². The SMILES string of the molecule is CCOc1ccccc1Nc1nnc(SCC(=O)NCC(C)c2ccccc2)s1. The highest BCUT2D eigenvalue weighted by atomic mass is 32.2. The van der Waals surface area contributed by atoms with Gasteiger partial charge in [-0.05, 0) is 30.5 Å². The third-order valence-corrected chi connectivity index (χ3v) is 6.11. The highest BCUT2D eigenvalue weighted by molar-refractivity contribution is 8.01. The van der Waals surface area contributed by atoms with Gasteiger partial charge < -0.3 is 15.4 Å². The molecule has 152 valence electrons. The fourth-order valence-electron chi connectivity index (χ4n) is 2.63. The first-order valence-corrected chi connectivity index (χ1v) is 11.2. The number of nitrogens with zero attached hydrogens (tertiary/aromatic N) is 2. The number of hydrogen-bond acceptors (Lipinski definition) is 7. The van der Waals surface area contributed by atoms with Crippen LogP contribution in [0.1, 0.15) is 25.3 Å². The van der Waals surface area contributed by atoms with Crippen LogP contribution in [-0.2, 0) is 4.79 Å². The minimum Gasteiger partial charge on any atom is -0.492 e. The van der Waals surface area contributed by atoms with E-state index in [4.69, 9.17) is 4.74 Å². The molecule has 0 radical (unpaired) electrons. The summed E-state index contributed by atoms with van der Waals surface area (Å²) in [4.78, 5) is 12.2. The highest BCUT2D eigenvalue weighted by Crippen LogP contribution is 2.31. The zero-order valence-electron chi connectivity index (χ0n) is 16.4. The first-order chi connectivity index (χ1) is 14.2. The molecular weight excluding hydrogens is 404 g/mol. The first kappa shape index (κ1) is 21.1. The summed E-state index contributed by atoms with van der Waals surface area (Å²) in [5.74, 6) is 1.34. The van der Waals surface area contributed by atoms with Crippen LogP contribution < -0.4 is 15.4 Å². The van der Waals surface area contributed by atoms with E-state index in [1.165, 1.54) is 28.7 Å². The van der Waals surface area contributed by atoms with Gasteiger partial charge in [-0.3, -0.25) is 4.79 Å². The summed E-state index contributed by atoms with van der Waals surface area (Å²) in [7, 11) is 0. The van der Waals surface area contributed by atoms with Gasteiger partial charge in [-0.15, -0.1) is 10.2 Å². The van der Waals surface area contributed by atoms with Crippen molar-refractivity contribution in [2.75, 3.05) is 24.2 Å². The van der Waals surface area contributed by atoms with Gasteiger partial charge in [0.1, 0.15) is 5.75 Å². The predicted octanol–water partition coefficient (Wildman–Crippen LogP) is 4.69. The van der Waals surface area contributed by atoms with Gasteiger partial charge in [0, 0.05) is 6.54 Å². The molecule has 3 aromatic rings. The molecule has 0 saturated carbocycles. The monoisotopic (exact) mass is 428 g/mol. The van der Waals surface area contributed by atoms with Crippen molar-refractivity contribution >= 4 is 39.8 Å². The number of carbonyl (C=O) groups excluding carboxylic acids is 1. The molecule has 6 nitrogen and oxygen atoms in total. The molecule has 2 aromatic carbocycles. The summed E-state index contributed by atoms with van der Waals surface area (Å²) in [5, 5.41) is 15.2. The lowest BCUT2D eigenvalue weighted by atomic mass is 10.0. The molecule has 1 amide bonds. The Kier molecular flexibility index (Phi) is 7.89. The standard InChI is InChI=1S/C21H24N4O2S2/c1-3-27-18-12-8-7-11-17(18)23-20-24-25-21(29-20)28-14-19(26)22-13-15(2)16-9-5-4-6-10-16/h4-12,15H,3,13-14H2,1-2H3,(H,22,26)(H,23,24). The number of para-hydroxylation sites is 2. The zero-order chi connectivity index (χ0) is 20.5. The van der Waals surface area contributed by atoms with Crippen LogP contribution in [0.2, 0.25) is 0 Å². The van der Waals surface area contributed by atoms with Gasteiger partial charge in [0.2, 0.25) is 11.0 Å².